The van der Waals surface area contributed by atoms with Gasteiger partial charge in [0.15, 0.2) is 0 Å². The molecule has 0 saturated heterocycles. The highest BCUT2D eigenvalue weighted by molar-refractivity contribution is 7.20. The highest BCUT2D eigenvalue weighted by Gasteiger charge is 2.21. The van der Waals surface area contributed by atoms with Gasteiger partial charge in [0.1, 0.15) is 0 Å². The molecule has 1 unspecified atom stereocenters. The fraction of sp³-hybridized carbons (Fsp3) is 0.364. The van der Waals surface area contributed by atoms with E-state index in [9.17, 15) is 4.79 Å². The van der Waals surface area contributed by atoms with Gasteiger partial charge in [0.25, 0.3) is 0 Å². The van der Waals surface area contributed by atoms with Gasteiger partial charge in [-0.3, -0.25) is 9.69 Å². The summed E-state index contributed by atoms with van der Waals surface area (Å²) in [6, 6.07) is 1.56. The van der Waals surface area contributed by atoms with Crippen LogP contribution in [0.5, 0.6) is 0 Å². The minimum absolute atomic E-state index is 0.130. The van der Waals surface area contributed by atoms with E-state index in [0.717, 1.165) is 5.56 Å². The van der Waals surface area contributed by atoms with Crippen LogP contribution < -0.4 is 0 Å². The van der Waals surface area contributed by atoms with Crippen LogP contribution in [0.2, 0.25) is 8.67 Å². The third kappa shape index (κ3) is 3.90. The minimum atomic E-state index is -0.926. The predicted octanol–water partition coefficient (Wildman–Crippen LogP) is 3.14. The number of terminal acetylenes is 1. The Morgan fingerprint density at radius 2 is 2.35 bits per heavy atom. The average molecular weight is 292 g/mol. The molecule has 0 saturated carbocycles. The number of rotatable bonds is 5. The number of carboxylic acid groups (broad SMARTS) is 1. The van der Waals surface area contributed by atoms with Crippen molar-refractivity contribution in [2.24, 2.45) is 0 Å². The summed E-state index contributed by atoms with van der Waals surface area (Å²) < 4.78 is 1.14. The van der Waals surface area contributed by atoms with Crippen molar-refractivity contribution in [1.29, 1.82) is 0 Å². The van der Waals surface area contributed by atoms with Crippen LogP contribution in [0.15, 0.2) is 6.07 Å². The highest BCUT2D eigenvalue weighted by Crippen LogP contribution is 2.36. The van der Waals surface area contributed by atoms with Gasteiger partial charge in [0.2, 0.25) is 0 Å². The minimum Gasteiger partial charge on any atom is -0.480 e. The fourth-order valence-corrected chi connectivity index (χ4v) is 3.09. The molecule has 0 fully saturated rings. The van der Waals surface area contributed by atoms with E-state index < -0.39 is 5.97 Å². The molecule has 3 nitrogen and oxygen atoms in total. The highest BCUT2D eigenvalue weighted by atomic mass is 35.5. The van der Waals surface area contributed by atoms with Crippen LogP contribution in [-0.4, -0.2) is 29.1 Å². The Labute approximate surface area is 114 Å². The van der Waals surface area contributed by atoms with Crippen LogP contribution in [0.3, 0.4) is 0 Å². The first-order chi connectivity index (χ1) is 7.95. The lowest BCUT2D eigenvalue weighted by Gasteiger charge is -2.25. The maximum atomic E-state index is 10.7. The van der Waals surface area contributed by atoms with Gasteiger partial charge in [-0.15, -0.1) is 17.8 Å². The van der Waals surface area contributed by atoms with Crippen LogP contribution in [0.25, 0.3) is 0 Å². The lowest BCUT2D eigenvalue weighted by atomic mass is 10.1. The van der Waals surface area contributed by atoms with Crippen LogP contribution >= 0.6 is 34.5 Å². The largest absolute Gasteiger partial charge is 0.480 e. The van der Waals surface area contributed by atoms with Gasteiger partial charge in [-0.1, -0.05) is 29.1 Å². The number of hydrogen-bond acceptors (Lipinski definition) is 3. The van der Waals surface area contributed by atoms with E-state index in [2.05, 4.69) is 5.92 Å². The van der Waals surface area contributed by atoms with E-state index in [1.54, 1.807) is 11.0 Å². The van der Waals surface area contributed by atoms with Crippen LogP contribution in [-0.2, 0) is 4.79 Å². The monoisotopic (exact) mass is 291 g/mol. The molecule has 0 bridgehead atoms. The van der Waals surface area contributed by atoms with Gasteiger partial charge >= 0.3 is 5.97 Å². The summed E-state index contributed by atoms with van der Waals surface area (Å²) in [5.41, 5.74) is 0.804. The molecule has 92 valence electrons. The maximum absolute atomic E-state index is 10.7. The lowest BCUT2D eigenvalue weighted by molar-refractivity contribution is -0.138. The first-order valence-corrected chi connectivity index (χ1v) is 6.37. The van der Waals surface area contributed by atoms with Crippen LogP contribution in [0.4, 0.5) is 0 Å². The molecule has 0 radical (unpaired) electrons. The molecule has 6 heteroatoms. The van der Waals surface area contributed by atoms with E-state index in [1.807, 2.05) is 6.92 Å². The molecule has 0 aromatic carbocycles. The molecule has 0 aliphatic heterocycles. The maximum Gasteiger partial charge on any atom is 0.317 e. The van der Waals surface area contributed by atoms with Crippen LogP contribution in [0, 0.1) is 12.3 Å². The summed E-state index contributed by atoms with van der Waals surface area (Å²) in [5, 5.41) is 8.81. The summed E-state index contributed by atoms with van der Waals surface area (Å²) in [4.78, 5) is 12.4. The Bertz CT molecular complexity index is 453. The van der Waals surface area contributed by atoms with Crippen molar-refractivity contribution in [2.75, 3.05) is 13.1 Å². The van der Waals surface area contributed by atoms with Crippen molar-refractivity contribution in [3.8, 4) is 12.3 Å². The molecule has 1 heterocycles. The molecular formula is C11H11Cl2NO2S. The van der Waals surface area contributed by atoms with Gasteiger partial charge < -0.3 is 5.11 Å². The molecule has 1 rings (SSSR count). The summed E-state index contributed by atoms with van der Waals surface area (Å²) >= 11 is 13.1. The van der Waals surface area contributed by atoms with E-state index >= 15 is 0 Å². The number of nitrogens with zero attached hydrogens (tertiary/aromatic N) is 1. The smallest absolute Gasteiger partial charge is 0.317 e. The zero-order chi connectivity index (χ0) is 13.0. The van der Waals surface area contributed by atoms with Crippen molar-refractivity contribution >= 4 is 40.5 Å². The topological polar surface area (TPSA) is 40.5 Å². The van der Waals surface area contributed by atoms with Crippen molar-refractivity contribution < 1.29 is 9.90 Å². The SMILES string of the molecule is C#CCN(CC(=O)O)C(C)c1cc(Cl)sc1Cl. The van der Waals surface area contributed by atoms with Gasteiger partial charge in [-0.2, -0.15) is 0 Å². The molecule has 1 aromatic heterocycles. The number of hydrogen-bond donors (Lipinski definition) is 1. The zero-order valence-electron chi connectivity index (χ0n) is 9.11. The van der Waals surface area contributed by atoms with Gasteiger partial charge in [0, 0.05) is 11.6 Å². The Balaban J connectivity index is 2.91. The Hall–Kier alpha value is -0.730. The summed E-state index contributed by atoms with van der Waals surface area (Å²) in [6.45, 7) is 1.97. The Kier molecular flexibility index (Phi) is 5.29. The molecule has 1 aromatic rings. The summed E-state index contributed by atoms with van der Waals surface area (Å²) in [7, 11) is 0. The van der Waals surface area contributed by atoms with Crippen molar-refractivity contribution in [1.82, 2.24) is 4.90 Å². The number of carboxylic acids is 1. The van der Waals surface area contributed by atoms with E-state index in [4.69, 9.17) is 34.7 Å². The average Bonchev–Trinajstić information content (AvgIpc) is 2.55. The van der Waals surface area contributed by atoms with E-state index in [-0.39, 0.29) is 19.1 Å². The molecule has 0 aliphatic rings. The molecule has 0 aliphatic carbocycles. The summed E-state index contributed by atoms with van der Waals surface area (Å²) in [6.07, 6.45) is 5.22. The summed E-state index contributed by atoms with van der Waals surface area (Å²) in [5.74, 6) is 1.51. The van der Waals surface area contributed by atoms with Crippen molar-refractivity contribution in [3.05, 3.63) is 20.3 Å². The Morgan fingerprint density at radius 3 is 2.76 bits per heavy atom. The molecule has 0 amide bonds. The standard InChI is InChI=1S/C11H11Cl2NO2S/c1-3-4-14(6-10(15)16)7(2)8-5-9(12)17-11(8)13/h1,5,7H,4,6H2,2H3,(H,15,16). The second kappa shape index (κ2) is 6.27. The first kappa shape index (κ1) is 14.3. The van der Waals surface area contributed by atoms with Crippen LogP contribution in [0.1, 0.15) is 18.5 Å². The molecule has 1 N–H and O–H groups in total. The number of aliphatic carboxylic acids is 1. The molecule has 1 atom stereocenters. The van der Waals surface area contributed by atoms with Gasteiger partial charge in [-0.05, 0) is 13.0 Å². The van der Waals surface area contributed by atoms with E-state index in [1.165, 1.54) is 11.3 Å². The predicted molar refractivity (Wildman–Crippen MR) is 70.8 cm³/mol. The Morgan fingerprint density at radius 1 is 1.71 bits per heavy atom. The first-order valence-electron chi connectivity index (χ1n) is 4.79. The fourth-order valence-electron chi connectivity index (χ4n) is 1.46. The van der Waals surface area contributed by atoms with Crippen molar-refractivity contribution in [3.63, 3.8) is 0 Å². The van der Waals surface area contributed by atoms with E-state index in [0.29, 0.717) is 8.67 Å². The molecule has 17 heavy (non-hydrogen) atoms. The van der Waals surface area contributed by atoms with Crippen molar-refractivity contribution in [2.45, 2.75) is 13.0 Å². The van der Waals surface area contributed by atoms with Gasteiger partial charge in [0.05, 0.1) is 21.8 Å². The third-order valence-corrected chi connectivity index (χ3v) is 3.83. The molecule has 0 spiro atoms. The molecular weight excluding hydrogens is 281 g/mol. The number of carbonyl (C=O) groups is 1. The second-order valence-electron chi connectivity index (χ2n) is 3.46. The number of thiophene rings is 1. The quantitative estimate of drug-likeness (QED) is 0.848. The third-order valence-electron chi connectivity index (χ3n) is 2.31. The second-order valence-corrected chi connectivity index (χ2v) is 5.74. The zero-order valence-corrected chi connectivity index (χ0v) is 11.4. The lowest BCUT2D eigenvalue weighted by Crippen LogP contribution is -2.32. The normalized spacial score (nSPS) is 12.4. The number of halogens is 2. The van der Waals surface area contributed by atoms with Gasteiger partial charge in [-0.25, -0.2) is 0 Å².